The van der Waals surface area contributed by atoms with Crippen LogP contribution in [0.4, 0.5) is 0 Å². The molecular formula is C5H11NO3. The van der Waals surface area contributed by atoms with Crippen molar-refractivity contribution in [1.82, 2.24) is 5.32 Å². The van der Waals surface area contributed by atoms with Gasteiger partial charge in [0.15, 0.2) is 0 Å². The van der Waals surface area contributed by atoms with Gasteiger partial charge in [0.1, 0.15) is 0 Å². The van der Waals surface area contributed by atoms with Gasteiger partial charge in [0.2, 0.25) is 0 Å². The Kier molecular flexibility index (Phi) is 3.19. The minimum absolute atomic E-state index is 0. The Morgan fingerprint density at radius 1 is 1.67 bits per heavy atom. The zero-order valence-electron chi connectivity index (χ0n) is 5.05. The van der Waals surface area contributed by atoms with E-state index in [2.05, 4.69) is 5.32 Å². The lowest BCUT2D eigenvalue weighted by Gasteiger charge is -1.96. The average Bonchev–Trinajstić information content (AvgIpc) is 2.12. The van der Waals surface area contributed by atoms with Crippen molar-refractivity contribution in [1.29, 1.82) is 0 Å². The predicted molar refractivity (Wildman–Crippen MR) is 32.2 cm³/mol. The Balaban J connectivity index is 0.000000640. The van der Waals surface area contributed by atoms with Crippen LogP contribution in [0.15, 0.2) is 0 Å². The second kappa shape index (κ2) is 3.42. The molecule has 4 nitrogen and oxygen atoms in total. The van der Waals surface area contributed by atoms with Crippen LogP contribution < -0.4 is 5.32 Å². The molecule has 1 fully saturated rings. The summed E-state index contributed by atoms with van der Waals surface area (Å²) in [5, 5.41) is 11.3. The van der Waals surface area contributed by atoms with Gasteiger partial charge in [-0.15, -0.1) is 0 Å². The van der Waals surface area contributed by atoms with E-state index in [1.807, 2.05) is 0 Å². The maximum absolute atomic E-state index is 10.2. The molecule has 4 N–H and O–H groups in total. The van der Waals surface area contributed by atoms with Crippen molar-refractivity contribution >= 4 is 5.97 Å². The molecule has 54 valence electrons. The van der Waals surface area contributed by atoms with E-state index in [9.17, 15) is 4.79 Å². The van der Waals surface area contributed by atoms with Crippen molar-refractivity contribution in [2.75, 3.05) is 13.1 Å². The molecular weight excluding hydrogens is 122 g/mol. The van der Waals surface area contributed by atoms with Crippen LogP contribution in [-0.2, 0) is 4.79 Å². The summed E-state index contributed by atoms with van der Waals surface area (Å²) >= 11 is 0. The molecule has 0 aromatic carbocycles. The first-order valence-corrected chi connectivity index (χ1v) is 2.74. The first-order valence-electron chi connectivity index (χ1n) is 2.74. The summed E-state index contributed by atoms with van der Waals surface area (Å²) in [7, 11) is 0. The zero-order valence-corrected chi connectivity index (χ0v) is 5.05. The van der Waals surface area contributed by atoms with Crippen LogP contribution in [0.2, 0.25) is 0 Å². The highest BCUT2D eigenvalue weighted by Crippen LogP contribution is 2.05. The lowest BCUT2D eigenvalue weighted by molar-refractivity contribution is -0.140. The molecule has 0 aromatic heterocycles. The van der Waals surface area contributed by atoms with Crippen molar-refractivity contribution in [3.05, 3.63) is 0 Å². The van der Waals surface area contributed by atoms with Gasteiger partial charge in [-0.1, -0.05) is 0 Å². The van der Waals surface area contributed by atoms with Gasteiger partial charge < -0.3 is 15.9 Å². The fraction of sp³-hybridized carbons (Fsp3) is 0.800. The van der Waals surface area contributed by atoms with Gasteiger partial charge in [-0.25, -0.2) is 0 Å². The standard InChI is InChI=1S/C5H9NO2.H2O/c7-5(8)4-1-2-6-3-4;/h4,6H,1-3H2,(H,7,8);1H2. The molecule has 4 heteroatoms. The normalized spacial score (nSPS) is 25.1. The fourth-order valence-corrected chi connectivity index (χ4v) is 0.865. The molecule has 0 aromatic rings. The van der Waals surface area contributed by atoms with E-state index < -0.39 is 5.97 Å². The number of aliphatic carboxylic acids is 1. The van der Waals surface area contributed by atoms with E-state index in [4.69, 9.17) is 5.11 Å². The lowest BCUT2D eigenvalue weighted by atomic mass is 10.1. The van der Waals surface area contributed by atoms with Gasteiger partial charge in [-0.3, -0.25) is 4.79 Å². The molecule has 1 rings (SSSR count). The van der Waals surface area contributed by atoms with Crippen LogP contribution in [0.25, 0.3) is 0 Å². The van der Waals surface area contributed by atoms with Crippen molar-refractivity contribution in [3.8, 4) is 0 Å². The first-order chi connectivity index (χ1) is 3.80. The molecule has 1 atom stereocenters. The van der Waals surface area contributed by atoms with E-state index in [-0.39, 0.29) is 11.4 Å². The Labute approximate surface area is 53.2 Å². The summed E-state index contributed by atoms with van der Waals surface area (Å²) in [4.78, 5) is 10.2. The van der Waals surface area contributed by atoms with Crippen molar-refractivity contribution in [2.24, 2.45) is 5.92 Å². The third kappa shape index (κ3) is 1.99. The van der Waals surface area contributed by atoms with Gasteiger partial charge in [-0.05, 0) is 13.0 Å². The minimum atomic E-state index is -0.671. The van der Waals surface area contributed by atoms with Crippen LogP contribution in [0, 0.1) is 5.92 Å². The van der Waals surface area contributed by atoms with Gasteiger partial charge in [0.25, 0.3) is 0 Å². The lowest BCUT2D eigenvalue weighted by Crippen LogP contribution is -2.16. The molecule has 1 heterocycles. The average molecular weight is 133 g/mol. The zero-order chi connectivity index (χ0) is 5.98. The molecule has 0 amide bonds. The fourth-order valence-electron chi connectivity index (χ4n) is 0.865. The van der Waals surface area contributed by atoms with Crippen LogP contribution >= 0.6 is 0 Å². The number of carbonyl (C=O) groups is 1. The molecule has 1 aliphatic heterocycles. The van der Waals surface area contributed by atoms with Crippen molar-refractivity contribution in [2.45, 2.75) is 6.42 Å². The van der Waals surface area contributed by atoms with E-state index in [1.165, 1.54) is 0 Å². The highest BCUT2D eigenvalue weighted by molar-refractivity contribution is 5.70. The van der Waals surface area contributed by atoms with E-state index in [0.717, 1.165) is 13.0 Å². The maximum atomic E-state index is 10.2. The number of nitrogens with one attached hydrogen (secondary N) is 1. The highest BCUT2D eigenvalue weighted by Gasteiger charge is 2.20. The number of carboxylic acid groups (broad SMARTS) is 1. The van der Waals surface area contributed by atoms with Gasteiger partial charge in [0, 0.05) is 6.54 Å². The molecule has 1 aliphatic rings. The molecule has 9 heavy (non-hydrogen) atoms. The van der Waals surface area contributed by atoms with Crippen LogP contribution in [0.1, 0.15) is 6.42 Å². The van der Waals surface area contributed by atoms with Gasteiger partial charge >= 0.3 is 5.97 Å². The first kappa shape index (κ1) is 8.39. The summed E-state index contributed by atoms with van der Waals surface area (Å²) < 4.78 is 0. The smallest absolute Gasteiger partial charge is 0.307 e. The topological polar surface area (TPSA) is 80.8 Å². The number of carboxylic acids is 1. The highest BCUT2D eigenvalue weighted by atomic mass is 16.4. The summed E-state index contributed by atoms with van der Waals surface area (Å²) in [5.74, 6) is -0.801. The van der Waals surface area contributed by atoms with E-state index >= 15 is 0 Å². The predicted octanol–water partition coefficient (Wildman–Crippen LogP) is -1.14. The Morgan fingerprint density at radius 2 is 2.33 bits per heavy atom. The quantitative estimate of drug-likeness (QED) is 0.474. The number of hydrogen-bond donors (Lipinski definition) is 2. The second-order valence-corrected chi connectivity index (χ2v) is 2.03. The van der Waals surface area contributed by atoms with Gasteiger partial charge in [-0.2, -0.15) is 0 Å². The summed E-state index contributed by atoms with van der Waals surface area (Å²) in [6.07, 6.45) is 0.787. The Morgan fingerprint density at radius 3 is 2.56 bits per heavy atom. The van der Waals surface area contributed by atoms with Crippen molar-refractivity contribution in [3.63, 3.8) is 0 Å². The monoisotopic (exact) mass is 133 g/mol. The molecule has 1 saturated heterocycles. The summed E-state index contributed by atoms with van der Waals surface area (Å²) in [6, 6.07) is 0. The SMILES string of the molecule is O.O=C(O)C1CCNC1. The maximum Gasteiger partial charge on any atom is 0.307 e. The molecule has 0 radical (unpaired) electrons. The molecule has 0 aliphatic carbocycles. The molecule has 0 bridgehead atoms. The third-order valence-electron chi connectivity index (χ3n) is 1.41. The van der Waals surface area contributed by atoms with E-state index in [0.29, 0.717) is 6.54 Å². The molecule has 1 unspecified atom stereocenters. The third-order valence-corrected chi connectivity index (χ3v) is 1.41. The molecule has 0 saturated carbocycles. The summed E-state index contributed by atoms with van der Waals surface area (Å²) in [6.45, 7) is 1.51. The van der Waals surface area contributed by atoms with E-state index in [1.54, 1.807) is 0 Å². The van der Waals surface area contributed by atoms with Crippen LogP contribution in [0.3, 0.4) is 0 Å². The number of rotatable bonds is 1. The second-order valence-electron chi connectivity index (χ2n) is 2.03. The van der Waals surface area contributed by atoms with Crippen LogP contribution in [0.5, 0.6) is 0 Å². The summed E-state index contributed by atoms with van der Waals surface area (Å²) in [5.41, 5.74) is 0. The van der Waals surface area contributed by atoms with Gasteiger partial charge in [0.05, 0.1) is 5.92 Å². The molecule has 0 spiro atoms. The Hall–Kier alpha value is -0.610. The Bertz CT molecular complexity index is 98.4. The van der Waals surface area contributed by atoms with Crippen LogP contribution in [-0.4, -0.2) is 29.6 Å². The van der Waals surface area contributed by atoms with Crippen molar-refractivity contribution < 1.29 is 15.4 Å². The minimum Gasteiger partial charge on any atom is -0.481 e. The number of hydrogen-bond acceptors (Lipinski definition) is 2. The largest absolute Gasteiger partial charge is 0.481 e.